The highest BCUT2D eigenvalue weighted by atomic mass is 32.2. The van der Waals surface area contributed by atoms with Gasteiger partial charge in [0.15, 0.2) is 0 Å². The Hall–Kier alpha value is -0.130. The van der Waals surface area contributed by atoms with Crippen LogP contribution >= 0.6 is 0 Å². The van der Waals surface area contributed by atoms with Gasteiger partial charge in [0.1, 0.15) is 0 Å². The Morgan fingerprint density at radius 1 is 1.50 bits per heavy atom. The Morgan fingerprint density at radius 3 is 2.71 bits per heavy atom. The minimum atomic E-state index is -3.05. The van der Waals surface area contributed by atoms with E-state index in [4.69, 9.17) is 0 Å². The number of hydrogen-bond donors (Lipinski definition) is 2. The molecular formula is C9H20N2O2S. The highest BCUT2D eigenvalue weighted by molar-refractivity contribution is 7.89. The predicted molar refractivity (Wildman–Crippen MR) is 57.7 cm³/mol. The SMILES string of the molecule is CC(C)NS(=O)(=O)CCC1CCNC1. The Morgan fingerprint density at radius 2 is 2.21 bits per heavy atom. The number of hydrogen-bond acceptors (Lipinski definition) is 3. The third kappa shape index (κ3) is 4.39. The fourth-order valence-corrected chi connectivity index (χ4v) is 3.18. The Labute approximate surface area is 86.5 Å². The van der Waals surface area contributed by atoms with Gasteiger partial charge < -0.3 is 5.32 Å². The van der Waals surface area contributed by atoms with Crippen molar-refractivity contribution in [2.45, 2.75) is 32.7 Å². The lowest BCUT2D eigenvalue weighted by Crippen LogP contribution is -2.33. The van der Waals surface area contributed by atoms with Gasteiger partial charge in [-0.3, -0.25) is 0 Å². The van der Waals surface area contributed by atoms with E-state index < -0.39 is 10.0 Å². The van der Waals surface area contributed by atoms with Crippen LogP contribution in [0.4, 0.5) is 0 Å². The zero-order valence-corrected chi connectivity index (χ0v) is 9.73. The molecule has 2 N–H and O–H groups in total. The molecule has 1 unspecified atom stereocenters. The minimum Gasteiger partial charge on any atom is -0.316 e. The van der Waals surface area contributed by atoms with Crippen LogP contribution in [0.5, 0.6) is 0 Å². The van der Waals surface area contributed by atoms with Crippen LogP contribution in [0.3, 0.4) is 0 Å². The molecule has 84 valence electrons. The first-order chi connectivity index (χ1) is 6.49. The molecule has 1 aliphatic heterocycles. The van der Waals surface area contributed by atoms with Crippen LogP contribution in [0.25, 0.3) is 0 Å². The predicted octanol–water partition coefficient (Wildman–Crippen LogP) is 0.314. The second-order valence-corrected chi connectivity index (χ2v) is 6.11. The maximum Gasteiger partial charge on any atom is 0.211 e. The van der Waals surface area contributed by atoms with Crippen LogP contribution < -0.4 is 10.0 Å². The second-order valence-electron chi connectivity index (χ2n) is 4.24. The van der Waals surface area contributed by atoms with E-state index in [2.05, 4.69) is 10.0 Å². The van der Waals surface area contributed by atoms with E-state index in [1.165, 1.54) is 0 Å². The maximum absolute atomic E-state index is 11.5. The van der Waals surface area contributed by atoms with Gasteiger partial charge in [0.25, 0.3) is 0 Å². The lowest BCUT2D eigenvalue weighted by molar-refractivity contribution is 0.534. The van der Waals surface area contributed by atoms with Crippen molar-refractivity contribution in [1.29, 1.82) is 0 Å². The number of nitrogens with one attached hydrogen (secondary N) is 2. The van der Waals surface area contributed by atoms with E-state index >= 15 is 0 Å². The molecule has 0 amide bonds. The summed E-state index contributed by atoms with van der Waals surface area (Å²) in [6.45, 7) is 5.68. The zero-order chi connectivity index (χ0) is 10.6. The molecule has 0 aromatic heterocycles. The quantitative estimate of drug-likeness (QED) is 0.701. The first-order valence-corrected chi connectivity index (χ1v) is 6.85. The molecule has 0 aromatic carbocycles. The average Bonchev–Trinajstić information content (AvgIpc) is 2.50. The standard InChI is InChI=1S/C9H20N2O2S/c1-8(2)11-14(12,13)6-4-9-3-5-10-7-9/h8-11H,3-7H2,1-2H3. The third-order valence-corrected chi connectivity index (χ3v) is 3.98. The molecule has 1 heterocycles. The molecule has 0 aromatic rings. The molecule has 1 atom stereocenters. The van der Waals surface area contributed by atoms with Crippen molar-refractivity contribution in [3.63, 3.8) is 0 Å². The van der Waals surface area contributed by atoms with E-state index in [1.54, 1.807) is 0 Å². The van der Waals surface area contributed by atoms with Crippen molar-refractivity contribution in [3.05, 3.63) is 0 Å². The van der Waals surface area contributed by atoms with E-state index in [9.17, 15) is 8.42 Å². The fraction of sp³-hybridized carbons (Fsp3) is 1.00. The molecule has 1 saturated heterocycles. The van der Waals surface area contributed by atoms with E-state index in [0.717, 1.165) is 25.9 Å². The molecule has 5 heteroatoms. The lowest BCUT2D eigenvalue weighted by atomic mass is 10.1. The number of sulfonamides is 1. The normalized spacial score (nSPS) is 23.2. The molecule has 1 fully saturated rings. The van der Waals surface area contributed by atoms with Crippen molar-refractivity contribution >= 4 is 10.0 Å². The summed E-state index contributed by atoms with van der Waals surface area (Å²) >= 11 is 0. The van der Waals surface area contributed by atoms with Gasteiger partial charge in [0.2, 0.25) is 10.0 Å². The van der Waals surface area contributed by atoms with Gasteiger partial charge in [-0.05, 0) is 45.7 Å². The molecule has 1 aliphatic rings. The highest BCUT2D eigenvalue weighted by Gasteiger charge is 2.18. The highest BCUT2D eigenvalue weighted by Crippen LogP contribution is 2.12. The van der Waals surface area contributed by atoms with Crippen LogP contribution in [-0.4, -0.2) is 33.3 Å². The molecule has 0 aliphatic carbocycles. The third-order valence-electron chi connectivity index (χ3n) is 2.37. The van der Waals surface area contributed by atoms with E-state index in [-0.39, 0.29) is 11.8 Å². The first-order valence-electron chi connectivity index (χ1n) is 5.20. The van der Waals surface area contributed by atoms with Crippen LogP contribution in [-0.2, 0) is 10.0 Å². The molecule has 1 rings (SSSR count). The van der Waals surface area contributed by atoms with Crippen molar-refractivity contribution in [2.24, 2.45) is 5.92 Å². The van der Waals surface area contributed by atoms with Crippen molar-refractivity contribution in [2.75, 3.05) is 18.8 Å². The van der Waals surface area contributed by atoms with Crippen LogP contribution in [0.15, 0.2) is 0 Å². The van der Waals surface area contributed by atoms with Crippen LogP contribution in [0.1, 0.15) is 26.7 Å². The molecule has 0 saturated carbocycles. The van der Waals surface area contributed by atoms with Gasteiger partial charge in [-0.2, -0.15) is 0 Å². The van der Waals surface area contributed by atoms with Crippen molar-refractivity contribution < 1.29 is 8.42 Å². The molecule has 14 heavy (non-hydrogen) atoms. The fourth-order valence-electron chi connectivity index (χ4n) is 1.70. The largest absolute Gasteiger partial charge is 0.316 e. The summed E-state index contributed by atoms with van der Waals surface area (Å²) in [6, 6.07) is 0.00158. The average molecular weight is 220 g/mol. The first kappa shape index (κ1) is 11.9. The smallest absolute Gasteiger partial charge is 0.211 e. The van der Waals surface area contributed by atoms with E-state index in [0.29, 0.717) is 5.92 Å². The molecule has 0 bridgehead atoms. The summed E-state index contributed by atoms with van der Waals surface area (Å²) in [5.41, 5.74) is 0. The van der Waals surface area contributed by atoms with Crippen LogP contribution in [0.2, 0.25) is 0 Å². The maximum atomic E-state index is 11.5. The molecule has 0 spiro atoms. The van der Waals surface area contributed by atoms with E-state index in [1.807, 2.05) is 13.8 Å². The topological polar surface area (TPSA) is 58.2 Å². The zero-order valence-electron chi connectivity index (χ0n) is 8.91. The summed E-state index contributed by atoms with van der Waals surface area (Å²) in [5.74, 6) is 0.802. The van der Waals surface area contributed by atoms with Crippen molar-refractivity contribution in [3.8, 4) is 0 Å². The molecular weight excluding hydrogens is 200 g/mol. The lowest BCUT2D eigenvalue weighted by Gasteiger charge is -2.11. The molecule has 4 nitrogen and oxygen atoms in total. The minimum absolute atomic E-state index is 0.00158. The van der Waals surface area contributed by atoms with Gasteiger partial charge in [-0.25, -0.2) is 13.1 Å². The van der Waals surface area contributed by atoms with Gasteiger partial charge in [-0.1, -0.05) is 0 Å². The van der Waals surface area contributed by atoms with Gasteiger partial charge >= 0.3 is 0 Å². The summed E-state index contributed by atoms with van der Waals surface area (Å²) in [6.07, 6.45) is 1.88. The summed E-state index contributed by atoms with van der Waals surface area (Å²) in [7, 11) is -3.05. The van der Waals surface area contributed by atoms with Gasteiger partial charge in [0.05, 0.1) is 5.75 Å². The van der Waals surface area contributed by atoms with Gasteiger partial charge in [0, 0.05) is 6.04 Å². The van der Waals surface area contributed by atoms with Crippen LogP contribution in [0, 0.1) is 5.92 Å². The Bertz CT molecular complexity index is 256. The van der Waals surface area contributed by atoms with Crippen molar-refractivity contribution in [1.82, 2.24) is 10.0 Å². The summed E-state index contributed by atoms with van der Waals surface area (Å²) in [5, 5.41) is 3.23. The van der Waals surface area contributed by atoms with Gasteiger partial charge in [-0.15, -0.1) is 0 Å². The Kier molecular flexibility index (Phi) is 4.34. The second kappa shape index (κ2) is 5.09. The monoisotopic (exact) mass is 220 g/mol. The Balaban J connectivity index is 2.28. The summed E-state index contributed by atoms with van der Waals surface area (Å²) < 4.78 is 25.5. The summed E-state index contributed by atoms with van der Waals surface area (Å²) in [4.78, 5) is 0. The number of rotatable bonds is 5. The molecule has 0 radical (unpaired) electrons.